The lowest BCUT2D eigenvalue weighted by Gasteiger charge is -2.32. The summed E-state index contributed by atoms with van der Waals surface area (Å²) in [6.45, 7) is 8.92. The maximum atomic E-state index is 14.4. The second-order valence-electron chi connectivity index (χ2n) is 21.1. The minimum atomic E-state index is -1.79. The molecule has 31 heteroatoms. The van der Waals surface area contributed by atoms with Crippen molar-refractivity contribution in [3.63, 3.8) is 0 Å². The van der Waals surface area contributed by atoms with Crippen molar-refractivity contribution >= 4 is 94.6 Å². The quantitative estimate of drug-likeness (QED) is 0.0176. The first-order chi connectivity index (χ1) is 39.4. The molecule has 2 rings (SSSR count). The summed E-state index contributed by atoms with van der Waals surface area (Å²) in [5, 5.41) is 70.8. The number of likely N-dealkylation sites (tertiary alicyclic amines) is 1. The van der Waals surface area contributed by atoms with Crippen molar-refractivity contribution in [3.8, 4) is 5.75 Å². The molecule has 1 aliphatic heterocycles. The largest absolute Gasteiger partial charge is 0.508 e. The summed E-state index contributed by atoms with van der Waals surface area (Å²) in [4.78, 5) is 154. The summed E-state index contributed by atoms with van der Waals surface area (Å²) in [6, 6.07) is -8.45. The number of benzene rings is 1. The smallest absolute Gasteiger partial charge is 0.326 e. The van der Waals surface area contributed by atoms with Gasteiger partial charge < -0.3 is 90.2 Å². The number of guanidine groups is 1. The SMILES string of the molecule is CSCC[C@H](NC(=O)[C@@H](NC(=O)[C@H](CCSC)NC(=O)[C@H](Cc1ccc(O)cc1)NC(=O)[C@@H](NC(=O)[C@@H]1CCCN1C(=O)[C@@H](NC(=O)[C@H](CCC(=O)O)NC(=O)[C@@H](NC(=O)[C@@H](N)CCCN=C(N)N)[C@@H](C)O)[C@@H](C)O)C(C)C)C(C)C)C(=O)O. The molecule has 472 valence electrons. The standard InChI is InChI=1S/C53H87N13O16S2/c1-26(2)39(48(77)60-35(52(81)82)20-24-84-8)62-45(74)34(19-23-83-7)58-46(75)36(25-30-13-15-31(69)16-14-30)61-49(78)40(27(3)4)63-47(76)37-12-10-22-66(37)51(80)42(29(6)68)65-44(73)33(17-18-38(70)71)59-50(79)41(28(5)67)64-43(72)32(54)11-9-21-57-53(55)56/h13-16,26-29,32-37,39-42,67-69H,9-12,17-25,54H2,1-8H3,(H,58,75)(H,59,79)(H,60,77)(H,61,78)(H,62,74)(H,63,76)(H,64,72)(H,65,73)(H,70,71)(H,81,82)(H4,55,56,57)/t28-,29-,32+,33+,34+,35+,36+,37+,39+,40+,41+,42+/m1/s1. The number of aliphatic carboxylic acids is 2. The molecule has 19 N–H and O–H groups in total. The fraction of sp³-hybridized carbons (Fsp3) is 0.660. The molecule has 0 unspecified atom stereocenters. The molecule has 0 spiro atoms. The van der Waals surface area contributed by atoms with E-state index in [1.165, 1.54) is 47.8 Å². The van der Waals surface area contributed by atoms with E-state index in [-0.39, 0.29) is 69.7 Å². The number of nitrogens with two attached hydrogens (primary N) is 3. The van der Waals surface area contributed by atoms with Crippen molar-refractivity contribution in [2.24, 2.45) is 34.0 Å². The molecule has 0 saturated carbocycles. The molecule has 12 atom stereocenters. The van der Waals surface area contributed by atoms with Gasteiger partial charge in [0.1, 0.15) is 60.1 Å². The number of carbonyl (C=O) groups is 11. The number of hydrogen-bond donors (Lipinski definition) is 16. The van der Waals surface area contributed by atoms with E-state index in [1.807, 2.05) is 0 Å². The van der Waals surface area contributed by atoms with Gasteiger partial charge in [0.2, 0.25) is 53.2 Å². The number of carbonyl (C=O) groups excluding carboxylic acids is 9. The lowest BCUT2D eigenvalue weighted by Crippen LogP contribution is -2.62. The van der Waals surface area contributed by atoms with Crippen LogP contribution in [-0.4, -0.2) is 211 Å². The third-order valence-corrected chi connectivity index (χ3v) is 14.8. The average Bonchev–Trinajstić information content (AvgIpc) is 4.12. The summed E-state index contributed by atoms with van der Waals surface area (Å²) in [5.74, 6) is -11.4. The third-order valence-electron chi connectivity index (χ3n) is 13.5. The molecular formula is C53H87N13O16S2. The van der Waals surface area contributed by atoms with Gasteiger partial charge in [-0.05, 0) is 112 Å². The number of carboxylic acid groups (broad SMARTS) is 2. The molecule has 0 bridgehead atoms. The third kappa shape index (κ3) is 24.7. The van der Waals surface area contributed by atoms with Gasteiger partial charge in [-0.1, -0.05) is 39.8 Å². The number of nitrogens with zero attached hydrogens (tertiary/aromatic N) is 2. The number of hydrogen-bond acceptors (Lipinski definition) is 18. The first-order valence-electron chi connectivity index (χ1n) is 27.5. The molecule has 1 aromatic carbocycles. The number of carboxylic acids is 2. The monoisotopic (exact) mass is 1230 g/mol. The number of aromatic hydroxyl groups is 1. The second-order valence-corrected chi connectivity index (χ2v) is 23.1. The zero-order valence-electron chi connectivity index (χ0n) is 48.8. The molecule has 1 fully saturated rings. The Kier molecular flexibility index (Phi) is 31.9. The van der Waals surface area contributed by atoms with Crippen LogP contribution in [0, 0.1) is 11.8 Å². The van der Waals surface area contributed by atoms with Crippen molar-refractivity contribution < 1.29 is 78.3 Å². The van der Waals surface area contributed by atoms with Crippen LogP contribution in [-0.2, 0) is 59.2 Å². The topological polar surface area (TPSA) is 479 Å². The molecule has 1 saturated heterocycles. The zero-order chi connectivity index (χ0) is 63.5. The van der Waals surface area contributed by atoms with E-state index < -0.39 is 162 Å². The minimum absolute atomic E-state index is 0.0526. The summed E-state index contributed by atoms with van der Waals surface area (Å²) >= 11 is 2.76. The Hall–Kier alpha value is -6.96. The minimum Gasteiger partial charge on any atom is -0.508 e. The van der Waals surface area contributed by atoms with Crippen molar-refractivity contribution in [1.82, 2.24) is 47.4 Å². The number of amides is 9. The van der Waals surface area contributed by atoms with Crippen molar-refractivity contribution in [1.29, 1.82) is 0 Å². The molecule has 29 nitrogen and oxygen atoms in total. The number of aliphatic hydroxyl groups is 2. The van der Waals surface area contributed by atoms with Crippen LogP contribution in [0.25, 0.3) is 0 Å². The second kappa shape index (κ2) is 36.7. The molecule has 0 aromatic heterocycles. The number of phenolic OH excluding ortho intramolecular Hbond substituents is 1. The first-order valence-corrected chi connectivity index (χ1v) is 30.3. The van der Waals surface area contributed by atoms with E-state index in [1.54, 1.807) is 40.2 Å². The number of nitrogens with one attached hydrogen (secondary N) is 8. The zero-order valence-corrected chi connectivity index (χ0v) is 50.4. The normalized spacial score (nSPS) is 17.0. The van der Waals surface area contributed by atoms with Crippen molar-refractivity contribution in [3.05, 3.63) is 29.8 Å². The lowest BCUT2D eigenvalue weighted by atomic mass is 9.99. The fourth-order valence-corrected chi connectivity index (χ4v) is 9.62. The molecule has 9 amide bonds. The predicted molar refractivity (Wildman–Crippen MR) is 313 cm³/mol. The van der Waals surface area contributed by atoms with Crippen LogP contribution < -0.4 is 59.7 Å². The molecular weight excluding hydrogens is 1140 g/mol. The molecule has 0 aliphatic carbocycles. The van der Waals surface area contributed by atoms with E-state index >= 15 is 0 Å². The van der Waals surface area contributed by atoms with E-state index in [9.17, 15) is 78.3 Å². The van der Waals surface area contributed by atoms with Gasteiger partial charge in [0.25, 0.3) is 0 Å². The van der Waals surface area contributed by atoms with E-state index in [0.717, 1.165) is 18.7 Å². The number of phenols is 1. The van der Waals surface area contributed by atoms with Crippen LogP contribution in [0.4, 0.5) is 0 Å². The van der Waals surface area contributed by atoms with Gasteiger partial charge in [0, 0.05) is 25.9 Å². The Balaban J connectivity index is 2.40. The molecule has 84 heavy (non-hydrogen) atoms. The highest BCUT2D eigenvalue weighted by atomic mass is 32.2. The summed E-state index contributed by atoms with van der Waals surface area (Å²) in [5.41, 5.74) is 17.1. The Morgan fingerprint density at radius 3 is 1.58 bits per heavy atom. The van der Waals surface area contributed by atoms with Crippen LogP contribution in [0.1, 0.15) is 98.5 Å². The fourth-order valence-electron chi connectivity index (χ4n) is 8.68. The number of thioether (sulfide) groups is 2. The van der Waals surface area contributed by atoms with E-state index in [4.69, 9.17) is 17.2 Å². The highest BCUT2D eigenvalue weighted by Gasteiger charge is 2.42. The highest BCUT2D eigenvalue weighted by molar-refractivity contribution is 7.98. The Bertz CT molecular complexity index is 2430. The van der Waals surface area contributed by atoms with Gasteiger partial charge in [-0.3, -0.25) is 52.9 Å². The first kappa shape index (κ1) is 73.1. The maximum Gasteiger partial charge on any atom is 0.326 e. The Morgan fingerprint density at radius 2 is 1.07 bits per heavy atom. The van der Waals surface area contributed by atoms with Crippen LogP contribution in [0.3, 0.4) is 0 Å². The van der Waals surface area contributed by atoms with Gasteiger partial charge in [-0.25, -0.2) is 4.79 Å². The van der Waals surface area contributed by atoms with Crippen LogP contribution >= 0.6 is 23.5 Å². The lowest BCUT2D eigenvalue weighted by molar-refractivity contribution is -0.145. The summed E-state index contributed by atoms with van der Waals surface area (Å²) in [7, 11) is 0. The molecule has 1 aromatic rings. The van der Waals surface area contributed by atoms with Crippen LogP contribution in [0.5, 0.6) is 5.75 Å². The number of aliphatic imine (C=N–C) groups is 1. The molecule has 1 heterocycles. The highest BCUT2D eigenvalue weighted by Crippen LogP contribution is 2.21. The van der Waals surface area contributed by atoms with Gasteiger partial charge in [-0.15, -0.1) is 0 Å². The van der Waals surface area contributed by atoms with Gasteiger partial charge in [0.15, 0.2) is 5.96 Å². The maximum absolute atomic E-state index is 14.4. The van der Waals surface area contributed by atoms with Crippen molar-refractivity contribution in [2.45, 2.75) is 172 Å². The van der Waals surface area contributed by atoms with E-state index in [0.29, 0.717) is 17.1 Å². The van der Waals surface area contributed by atoms with Gasteiger partial charge >= 0.3 is 11.9 Å². The van der Waals surface area contributed by atoms with Crippen LogP contribution in [0.2, 0.25) is 0 Å². The van der Waals surface area contributed by atoms with Crippen LogP contribution in [0.15, 0.2) is 29.3 Å². The number of aliphatic hydroxyl groups excluding tert-OH is 2. The molecule has 0 radical (unpaired) electrons. The van der Waals surface area contributed by atoms with Gasteiger partial charge in [-0.2, -0.15) is 23.5 Å². The summed E-state index contributed by atoms with van der Waals surface area (Å²) < 4.78 is 0. The predicted octanol–water partition coefficient (Wildman–Crippen LogP) is -3.29. The van der Waals surface area contributed by atoms with Gasteiger partial charge in [0.05, 0.1) is 18.2 Å². The van der Waals surface area contributed by atoms with E-state index in [2.05, 4.69) is 47.5 Å². The Morgan fingerprint density at radius 1 is 0.607 bits per heavy atom. The van der Waals surface area contributed by atoms with Crippen molar-refractivity contribution in [2.75, 3.05) is 37.1 Å². The number of rotatable bonds is 37. The Labute approximate surface area is 497 Å². The summed E-state index contributed by atoms with van der Waals surface area (Å²) in [6.07, 6.45) is -0.263. The molecule has 1 aliphatic rings. The average molecular weight is 1230 g/mol.